The van der Waals surface area contributed by atoms with E-state index >= 15 is 0 Å². The van der Waals surface area contributed by atoms with Crippen LogP contribution in [0.15, 0.2) is 30.3 Å². The van der Waals surface area contributed by atoms with Crippen molar-refractivity contribution in [3.8, 4) is 0 Å². The summed E-state index contributed by atoms with van der Waals surface area (Å²) < 4.78 is 0. The highest BCUT2D eigenvalue weighted by Crippen LogP contribution is 2.55. The number of carbonyl (C=O) groups is 2. The van der Waals surface area contributed by atoms with E-state index < -0.39 is 6.10 Å². The fourth-order valence-corrected chi connectivity index (χ4v) is 7.31. The van der Waals surface area contributed by atoms with Gasteiger partial charge >= 0.3 is 0 Å². The van der Waals surface area contributed by atoms with Crippen LogP contribution < -0.4 is 10.6 Å². The van der Waals surface area contributed by atoms with Gasteiger partial charge in [-0.1, -0.05) is 70.4 Å². The van der Waals surface area contributed by atoms with Crippen LogP contribution in [0.1, 0.15) is 84.1 Å². The summed E-state index contributed by atoms with van der Waals surface area (Å²) in [6, 6.07) is 10.2. The van der Waals surface area contributed by atoms with E-state index in [0.29, 0.717) is 12.5 Å². The molecule has 3 N–H and O–H groups in total. The molecule has 5 heteroatoms. The summed E-state index contributed by atoms with van der Waals surface area (Å²) in [5.74, 6) is 0.200. The SMILES string of the molecule is C[C@@H]1[C@@H]2[C@@H](O)[C@H]([C@H](C)C(=O)NC3CCCCC3)CC[C@]2(C)CC[C@@H]1NC(=O)Cc1ccccc1. The summed E-state index contributed by atoms with van der Waals surface area (Å²) in [7, 11) is 0. The van der Waals surface area contributed by atoms with E-state index in [0.717, 1.165) is 44.1 Å². The Labute approximate surface area is 205 Å². The number of aliphatic hydroxyl groups excluding tert-OH is 1. The Balaban J connectivity index is 1.39. The van der Waals surface area contributed by atoms with E-state index in [4.69, 9.17) is 0 Å². The molecule has 0 spiro atoms. The number of hydrogen-bond acceptors (Lipinski definition) is 3. The second-order valence-corrected chi connectivity index (χ2v) is 11.7. The third kappa shape index (κ3) is 5.50. The molecular weight excluding hydrogens is 424 g/mol. The minimum Gasteiger partial charge on any atom is -0.392 e. The number of rotatable bonds is 6. The van der Waals surface area contributed by atoms with Gasteiger partial charge < -0.3 is 15.7 Å². The molecule has 1 aromatic carbocycles. The Kier molecular flexibility index (Phi) is 8.01. The van der Waals surface area contributed by atoms with Crippen molar-refractivity contribution in [3.05, 3.63) is 35.9 Å². The predicted octanol–water partition coefficient (Wildman–Crippen LogP) is 4.62. The zero-order chi connectivity index (χ0) is 24.3. The minimum atomic E-state index is -0.519. The van der Waals surface area contributed by atoms with Crippen molar-refractivity contribution >= 4 is 11.8 Å². The fourth-order valence-electron chi connectivity index (χ4n) is 7.31. The van der Waals surface area contributed by atoms with Gasteiger partial charge in [-0.3, -0.25) is 9.59 Å². The number of amides is 2. The van der Waals surface area contributed by atoms with Gasteiger partial charge in [0.25, 0.3) is 0 Å². The molecule has 0 bridgehead atoms. The highest BCUT2D eigenvalue weighted by atomic mass is 16.3. The molecule has 3 fully saturated rings. The first-order chi connectivity index (χ1) is 16.3. The Bertz CT molecular complexity index is 837. The van der Waals surface area contributed by atoms with Crippen molar-refractivity contribution < 1.29 is 14.7 Å². The van der Waals surface area contributed by atoms with Crippen LogP contribution in [-0.2, 0) is 16.0 Å². The zero-order valence-corrected chi connectivity index (χ0v) is 21.3. The van der Waals surface area contributed by atoms with Gasteiger partial charge in [0, 0.05) is 18.0 Å². The standard InChI is InChI=1S/C29H44N2O3/c1-19(28(34)30-22-12-8-5-9-13-22)23-14-16-29(3)17-15-24(20(2)26(29)27(23)33)31-25(32)18-21-10-6-4-7-11-21/h4,6-7,10-11,19-20,22-24,26-27,33H,5,8-9,12-18H2,1-3H3,(H,30,34)(H,31,32)/t19-,20-,23-,24-,26+,27-,29+/m0/s1. The van der Waals surface area contributed by atoms with Gasteiger partial charge in [0.1, 0.15) is 0 Å². The van der Waals surface area contributed by atoms with Crippen LogP contribution in [-0.4, -0.2) is 35.1 Å². The van der Waals surface area contributed by atoms with Crippen LogP contribution in [0, 0.1) is 29.1 Å². The molecule has 0 heterocycles. The van der Waals surface area contributed by atoms with Crippen LogP contribution >= 0.6 is 0 Å². The Morgan fingerprint density at radius 3 is 2.41 bits per heavy atom. The molecule has 0 saturated heterocycles. The van der Waals surface area contributed by atoms with E-state index in [1.165, 1.54) is 19.3 Å². The molecule has 7 atom stereocenters. The van der Waals surface area contributed by atoms with E-state index in [2.05, 4.69) is 24.5 Å². The topological polar surface area (TPSA) is 78.4 Å². The van der Waals surface area contributed by atoms with Crippen LogP contribution in [0.2, 0.25) is 0 Å². The van der Waals surface area contributed by atoms with Crippen LogP contribution in [0.25, 0.3) is 0 Å². The Morgan fingerprint density at radius 1 is 1.03 bits per heavy atom. The van der Waals surface area contributed by atoms with Gasteiger partial charge in [0.2, 0.25) is 11.8 Å². The Morgan fingerprint density at radius 2 is 1.71 bits per heavy atom. The molecule has 34 heavy (non-hydrogen) atoms. The first-order valence-corrected chi connectivity index (χ1v) is 13.6. The van der Waals surface area contributed by atoms with Gasteiger partial charge in [-0.15, -0.1) is 0 Å². The molecule has 3 aliphatic carbocycles. The van der Waals surface area contributed by atoms with Gasteiger partial charge in [0.15, 0.2) is 0 Å². The summed E-state index contributed by atoms with van der Waals surface area (Å²) in [4.78, 5) is 25.9. The molecule has 4 rings (SSSR count). The molecule has 1 aromatic rings. The van der Waals surface area contributed by atoms with Crippen LogP contribution in [0.5, 0.6) is 0 Å². The van der Waals surface area contributed by atoms with E-state index in [-0.39, 0.29) is 46.9 Å². The van der Waals surface area contributed by atoms with Crippen LogP contribution in [0.3, 0.4) is 0 Å². The third-order valence-electron chi connectivity index (χ3n) is 9.45. The molecule has 0 unspecified atom stereocenters. The summed E-state index contributed by atoms with van der Waals surface area (Å²) >= 11 is 0. The summed E-state index contributed by atoms with van der Waals surface area (Å²) in [6.45, 7) is 6.50. The monoisotopic (exact) mass is 468 g/mol. The molecule has 3 saturated carbocycles. The average molecular weight is 469 g/mol. The number of hydrogen-bond donors (Lipinski definition) is 3. The van der Waals surface area contributed by atoms with Crippen molar-refractivity contribution in [2.24, 2.45) is 29.1 Å². The summed E-state index contributed by atoms with van der Waals surface area (Å²) in [5, 5.41) is 18.2. The van der Waals surface area contributed by atoms with Crippen molar-refractivity contribution in [1.82, 2.24) is 10.6 Å². The molecule has 0 aliphatic heterocycles. The fraction of sp³-hybridized carbons (Fsp3) is 0.724. The number of fused-ring (bicyclic) bond motifs is 1. The highest BCUT2D eigenvalue weighted by Gasteiger charge is 2.53. The lowest BCUT2D eigenvalue weighted by molar-refractivity contribution is -0.144. The normalized spacial score (nSPS) is 35.1. The molecule has 3 aliphatic rings. The lowest BCUT2D eigenvalue weighted by Gasteiger charge is -2.56. The second-order valence-electron chi connectivity index (χ2n) is 11.7. The quantitative estimate of drug-likeness (QED) is 0.570. The third-order valence-corrected chi connectivity index (χ3v) is 9.45. The zero-order valence-electron chi connectivity index (χ0n) is 21.3. The first-order valence-electron chi connectivity index (χ1n) is 13.6. The number of benzene rings is 1. The average Bonchev–Trinajstić information content (AvgIpc) is 2.82. The maximum Gasteiger partial charge on any atom is 0.224 e. The van der Waals surface area contributed by atoms with Gasteiger partial charge in [-0.2, -0.15) is 0 Å². The summed E-state index contributed by atoms with van der Waals surface area (Å²) in [6.07, 6.45) is 9.56. The first kappa shape index (κ1) is 25.2. The number of carbonyl (C=O) groups excluding carboxylic acids is 2. The summed E-state index contributed by atoms with van der Waals surface area (Å²) in [5.41, 5.74) is 1.08. The Hall–Kier alpha value is -1.88. The van der Waals surface area contributed by atoms with Crippen molar-refractivity contribution in [2.45, 2.75) is 103 Å². The number of aliphatic hydroxyl groups is 1. The lowest BCUT2D eigenvalue weighted by Crippen LogP contribution is -2.58. The van der Waals surface area contributed by atoms with Gasteiger partial charge in [-0.05, 0) is 67.3 Å². The molecule has 5 nitrogen and oxygen atoms in total. The molecular formula is C29H44N2O3. The van der Waals surface area contributed by atoms with E-state index in [1.54, 1.807) is 0 Å². The maximum atomic E-state index is 13.1. The van der Waals surface area contributed by atoms with Crippen molar-refractivity contribution in [1.29, 1.82) is 0 Å². The maximum absolute atomic E-state index is 13.1. The molecule has 0 aromatic heterocycles. The van der Waals surface area contributed by atoms with Crippen LogP contribution in [0.4, 0.5) is 0 Å². The molecule has 0 radical (unpaired) electrons. The predicted molar refractivity (Wildman–Crippen MR) is 135 cm³/mol. The minimum absolute atomic E-state index is 0.0251. The second kappa shape index (κ2) is 10.8. The van der Waals surface area contributed by atoms with E-state index in [9.17, 15) is 14.7 Å². The van der Waals surface area contributed by atoms with Gasteiger partial charge in [0.05, 0.1) is 12.5 Å². The van der Waals surface area contributed by atoms with E-state index in [1.807, 2.05) is 37.3 Å². The molecule has 2 amide bonds. The smallest absolute Gasteiger partial charge is 0.224 e. The number of nitrogens with one attached hydrogen (secondary N) is 2. The van der Waals surface area contributed by atoms with Gasteiger partial charge in [-0.25, -0.2) is 0 Å². The highest BCUT2D eigenvalue weighted by molar-refractivity contribution is 5.79. The largest absolute Gasteiger partial charge is 0.392 e. The molecule has 188 valence electrons. The van der Waals surface area contributed by atoms with Crippen molar-refractivity contribution in [3.63, 3.8) is 0 Å². The van der Waals surface area contributed by atoms with Crippen molar-refractivity contribution in [2.75, 3.05) is 0 Å². The lowest BCUT2D eigenvalue weighted by atomic mass is 9.51.